The molecule has 1 aliphatic heterocycles. The molecule has 0 unspecified atom stereocenters. The van der Waals surface area contributed by atoms with Gasteiger partial charge in [-0.05, 0) is 56.6 Å². The number of likely N-dealkylation sites (tertiary alicyclic amines) is 1. The molecular formula is C29H33FN6O4. The van der Waals surface area contributed by atoms with E-state index in [2.05, 4.69) is 25.8 Å². The highest BCUT2D eigenvalue weighted by Crippen LogP contribution is 2.28. The van der Waals surface area contributed by atoms with Gasteiger partial charge in [-0.1, -0.05) is 30.3 Å². The van der Waals surface area contributed by atoms with Crippen LogP contribution in [0.5, 0.6) is 11.5 Å². The standard InChI is InChI=1S/C29H33FN6O4/c1-35(2)19-21-11-14-36(15-12-21)29(39)33-26-18-23(10-13-31-26)40-25-9-8-22(17-24(25)30)32-28(38)34-27(37)16-20-6-4-3-5-7-20/h3-10,13,17-18,21H,11-12,14-16,19H2,1-2H3,(H,31,33,39)(H2,32,34,37,38). The Morgan fingerprint density at radius 3 is 2.48 bits per heavy atom. The van der Waals surface area contributed by atoms with Crippen molar-refractivity contribution in [2.24, 2.45) is 5.92 Å². The quantitative estimate of drug-likeness (QED) is 0.376. The molecule has 1 fully saturated rings. The number of anilines is 2. The van der Waals surface area contributed by atoms with Gasteiger partial charge in [0.05, 0.1) is 6.42 Å². The molecule has 1 saturated heterocycles. The molecule has 0 bridgehead atoms. The van der Waals surface area contributed by atoms with Crippen molar-refractivity contribution in [3.63, 3.8) is 0 Å². The number of piperidine rings is 1. The predicted molar refractivity (Wildman–Crippen MR) is 150 cm³/mol. The number of nitrogens with one attached hydrogen (secondary N) is 3. The van der Waals surface area contributed by atoms with Crippen molar-refractivity contribution >= 4 is 29.5 Å². The average molecular weight is 549 g/mol. The lowest BCUT2D eigenvalue weighted by molar-refractivity contribution is -0.119. The average Bonchev–Trinajstić information content (AvgIpc) is 2.91. The van der Waals surface area contributed by atoms with E-state index in [9.17, 15) is 18.8 Å². The van der Waals surface area contributed by atoms with E-state index in [0.717, 1.165) is 31.0 Å². The van der Waals surface area contributed by atoms with Gasteiger partial charge in [-0.25, -0.2) is 19.0 Å². The number of benzene rings is 2. The Morgan fingerprint density at radius 2 is 1.77 bits per heavy atom. The maximum Gasteiger partial charge on any atom is 0.325 e. The first-order chi connectivity index (χ1) is 19.2. The van der Waals surface area contributed by atoms with Crippen molar-refractivity contribution in [2.45, 2.75) is 19.3 Å². The molecule has 2 heterocycles. The summed E-state index contributed by atoms with van der Waals surface area (Å²) in [5.74, 6) is -0.165. The summed E-state index contributed by atoms with van der Waals surface area (Å²) in [7, 11) is 4.10. The summed E-state index contributed by atoms with van der Waals surface area (Å²) in [5.41, 5.74) is 0.909. The minimum absolute atomic E-state index is 0.0407. The molecular weight excluding hydrogens is 515 g/mol. The van der Waals surface area contributed by atoms with E-state index in [1.807, 2.05) is 20.2 Å². The second-order valence-electron chi connectivity index (χ2n) is 9.91. The number of ether oxygens (including phenoxy) is 1. The molecule has 40 heavy (non-hydrogen) atoms. The highest BCUT2D eigenvalue weighted by Gasteiger charge is 2.23. The van der Waals surface area contributed by atoms with Crippen LogP contribution in [0.3, 0.4) is 0 Å². The second-order valence-corrected chi connectivity index (χ2v) is 9.91. The molecule has 0 saturated carbocycles. The maximum absolute atomic E-state index is 14.7. The maximum atomic E-state index is 14.7. The summed E-state index contributed by atoms with van der Waals surface area (Å²) in [4.78, 5) is 45.0. The van der Waals surface area contributed by atoms with Crippen LogP contribution in [0.2, 0.25) is 0 Å². The Morgan fingerprint density at radius 1 is 1.02 bits per heavy atom. The first kappa shape index (κ1) is 28.5. The number of urea groups is 2. The first-order valence-electron chi connectivity index (χ1n) is 13.0. The summed E-state index contributed by atoms with van der Waals surface area (Å²) >= 11 is 0. The van der Waals surface area contributed by atoms with E-state index in [-0.39, 0.29) is 35.5 Å². The van der Waals surface area contributed by atoms with Crippen molar-refractivity contribution in [1.82, 2.24) is 20.1 Å². The van der Waals surface area contributed by atoms with Gasteiger partial charge in [-0.3, -0.25) is 15.4 Å². The molecule has 0 atom stereocenters. The van der Waals surface area contributed by atoms with Gasteiger partial charge in [0.1, 0.15) is 11.6 Å². The molecule has 4 rings (SSSR count). The number of aromatic nitrogens is 1. The Kier molecular flexibility index (Phi) is 9.63. The lowest BCUT2D eigenvalue weighted by Crippen LogP contribution is -2.42. The van der Waals surface area contributed by atoms with Crippen LogP contribution < -0.4 is 20.7 Å². The zero-order valence-electron chi connectivity index (χ0n) is 22.5. The summed E-state index contributed by atoms with van der Waals surface area (Å²) in [6.07, 6.45) is 3.38. The number of amides is 5. The van der Waals surface area contributed by atoms with Crippen LogP contribution in [-0.2, 0) is 11.2 Å². The molecule has 5 amide bonds. The molecule has 0 aliphatic carbocycles. The van der Waals surface area contributed by atoms with Gasteiger partial charge in [0, 0.05) is 43.7 Å². The number of hydrogen-bond acceptors (Lipinski definition) is 6. The highest BCUT2D eigenvalue weighted by molar-refractivity contribution is 6.01. The van der Waals surface area contributed by atoms with E-state index in [1.165, 1.54) is 24.4 Å². The number of carbonyl (C=O) groups is 3. The molecule has 3 aromatic rings. The van der Waals surface area contributed by atoms with Gasteiger partial charge in [0.15, 0.2) is 11.6 Å². The number of hydrogen-bond donors (Lipinski definition) is 3. The molecule has 10 nitrogen and oxygen atoms in total. The van der Waals surface area contributed by atoms with Crippen LogP contribution in [-0.4, -0.2) is 66.5 Å². The number of halogens is 1. The summed E-state index contributed by atoms with van der Waals surface area (Å²) < 4.78 is 20.4. The molecule has 2 aromatic carbocycles. The van der Waals surface area contributed by atoms with E-state index < -0.39 is 17.8 Å². The molecule has 11 heteroatoms. The fourth-order valence-corrected chi connectivity index (χ4v) is 4.47. The van der Waals surface area contributed by atoms with Gasteiger partial charge in [0.2, 0.25) is 5.91 Å². The fourth-order valence-electron chi connectivity index (χ4n) is 4.47. The Labute approximate surface area is 232 Å². The van der Waals surface area contributed by atoms with Crippen molar-refractivity contribution in [3.8, 4) is 11.5 Å². The second kappa shape index (κ2) is 13.5. The molecule has 210 valence electrons. The van der Waals surface area contributed by atoms with Crippen LogP contribution in [0.25, 0.3) is 0 Å². The van der Waals surface area contributed by atoms with E-state index in [4.69, 9.17) is 4.74 Å². The van der Waals surface area contributed by atoms with Crippen LogP contribution in [0.1, 0.15) is 18.4 Å². The zero-order chi connectivity index (χ0) is 28.5. The highest BCUT2D eigenvalue weighted by atomic mass is 19.1. The Balaban J connectivity index is 1.28. The lowest BCUT2D eigenvalue weighted by Gasteiger charge is -2.33. The molecule has 0 radical (unpaired) electrons. The normalized spacial score (nSPS) is 13.6. The third-order valence-electron chi connectivity index (χ3n) is 6.37. The van der Waals surface area contributed by atoms with Crippen LogP contribution in [0.4, 0.5) is 25.5 Å². The van der Waals surface area contributed by atoms with E-state index in [1.54, 1.807) is 35.2 Å². The zero-order valence-corrected chi connectivity index (χ0v) is 22.5. The lowest BCUT2D eigenvalue weighted by atomic mass is 9.97. The van der Waals surface area contributed by atoms with Crippen molar-refractivity contribution in [1.29, 1.82) is 0 Å². The number of nitrogens with zero attached hydrogens (tertiary/aromatic N) is 3. The van der Waals surface area contributed by atoms with Gasteiger partial charge < -0.3 is 19.9 Å². The largest absolute Gasteiger partial charge is 0.454 e. The van der Waals surface area contributed by atoms with Crippen molar-refractivity contribution in [3.05, 3.63) is 78.2 Å². The minimum atomic E-state index is -0.773. The molecule has 3 N–H and O–H groups in total. The summed E-state index contributed by atoms with van der Waals surface area (Å²) in [6, 6.07) is 14.9. The van der Waals surface area contributed by atoms with Gasteiger partial charge >= 0.3 is 12.1 Å². The third-order valence-corrected chi connectivity index (χ3v) is 6.37. The Hall–Kier alpha value is -4.51. The molecule has 1 aliphatic rings. The number of imide groups is 1. The smallest absolute Gasteiger partial charge is 0.325 e. The van der Waals surface area contributed by atoms with E-state index in [0.29, 0.717) is 19.0 Å². The number of pyridine rings is 1. The topological polar surface area (TPSA) is 116 Å². The predicted octanol–water partition coefficient (Wildman–Crippen LogP) is 4.71. The molecule has 0 spiro atoms. The van der Waals surface area contributed by atoms with Gasteiger partial charge in [-0.15, -0.1) is 0 Å². The van der Waals surface area contributed by atoms with Crippen molar-refractivity contribution in [2.75, 3.05) is 44.4 Å². The summed E-state index contributed by atoms with van der Waals surface area (Å²) in [6.45, 7) is 2.35. The van der Waals surface area contributed by atoms with Crippen LogP contribution in [0.15, 0.2) is 66.9 Å². The van der Waals surface area contributed by atoms with Crippen LogP contribution >= 0.6 is 0 Å². The number of rotatable bonds is 8. The molecule has 1 aromatic heterocycles. The SMILES string of the molecule is CN(C)CC1CCN(C(=O)Nc2cc(Oc3ccc(NC(=O)NC(=O)Cc4ccccc4)cc3F)ccn2)CC1. The van der Waals surface area contributed by atoms with Crippen LogP contribution in [0, 0.1) is 11.7 Å². The third kappa shape index (κ3) is 8.50. The first-order valence-corrected chi connectivity index (χ1v) is 13.0. The fraction of sp³-hybridized carbons (Fsp3) is 0.310. The van der Waals surface area contributed by atoms with E-state index >= 15 is 0 Å². The Bertz CT molecular complexity index is 1330. The minimum Gasteiger partial charge on any atom is -0.454 e. The summed E-state index contributed by atoms with van der Waals surface area (Å²) in [5, 5.41) is 7.43. The van der Waals surface area contributed by atoms with Crippen molar-refractivity contribution < 1.29 is 23.5 Å². The number of carbonyl (C=O) groups excluding carboxylic acids is 3. The van der Waals surface area contributed by atoms with Gasteiger partial charge in [0.25, 0.3) is 0 Å². The monoisotopic (exact) mass is 548 g/mol. The van der Waals surface area contributed by atoms with Gasteiger partial charge in [-0.2, -0.15) is 0 Å².